The topological polar surface area (TPSA) is 97.8 Å². The molecule has 0 saturated carbocycles. The zero-order valence-corrected chi connectivity index (χ0v) is 19.4. The minimum Gasteiger partial charge on any atom is -0.465 e. The molecule has 0 saturated heterocycles. The fourth-order valence-electron chi connectivity index (χ4n) is 3.24. The number of hydrogen-bond donors (Lipinski definition) is 1. The van der Waals surface area contributed by atoms with Gasteiger partial charge in [0, 0.05) is 30.4 Å². The fraction of sp³-hybridized carbons (Fsp3) is 0.250. The summed E-state index contributed by atoms with van der Waals surface area (Å²) in [4.78, 5) is 42.0. The van der Waals surface area contributed by atoms with Crippen LogP contribution in [0.4, 0.5) is 15.0 Å². The third-order valence-electron chi connectivity index (χ3n) is 5.12. The van der Waals surface area contributed by atoms with Gasteiger partial charge in [-0.1, -0.05) is 35.9 Å². The van der Waals surface area contributed by atoms with Gasteiger partial charge >= 0.3 is 12.1 Å². The van der Waals surface area contributed by atoms with E-state index in [-0.39, 0.29) is 36.3 Å². The maximum Gasteiger partial charge on any atom is 0.412 e. The molecule has 3 aromatic rings. The Morgan fingerprint density at radius 1 is 1.18 bits per heavy atom. The zero-order chi connectivity index (χ0) is 24.7. The van der Waals surface area contributed by atoms with Crippen molar-refractivity contribution in [1.29, 1.82) is 0 Å². The molecule has 3 rings (SSSR count). The number of methoxy groups -OCH3 is 1. The van der Waals surface area contributed by atoms with Crippen LogP contribution in [-0.2, 0) is 20.7 Å². The van der Waals surface area contributed by atoms with Gasteiger partial charge in [0.1, 0.15) is 18.2 Å². The first-order valence-corrected chi connectivity index (χ1v) is 10.8. The number of nitrogens with zero attached hydrogens (tertiary/aromatic N) is 2. The first-order chi connectivity index (χ1) is 16.3. The lowest BCUT2D eigenvalue weighted by molar-refractivity contribution is -0.130. The van der Waals surface area contributed by atoms with E-state index >= 15 is 0 Å². The number of fused-ring (bicyclic) bond motifs is 1. The first kappa shape index (κ1) is 24.9. The number of pyridine rings is 1. The van der Waals surface area contributed by atoms with E-state index in [0.29, 0.717) is 28.3 Å². The number of aromatic nitrogens is 1. The molecule has 0 aliphatic carbocycles. The molecule has 0 atom stereocenters. The van der Waals surface area contributed by atoms with Crippen LogP contribution in [0.1, 0.15) is 22.3 Å². The number of amides is 2. The molecule has 0 radical (unpaired) electrons. The van der Waals surface area contributed by atoms with Crippen LogP contribution in [0, 0.1) is 5.82 Å². The number of aryl methyl sites for hydroxylation is 1. The lowest BCUT2D eigenvalue weighted by atomic mass is 10.1. The lowest BCUT2D eigenvalue weighted by Crippen LogP contribution is -2.31. The number of esters is 1. The summed E-state index contributed by atoms with van der Waals surface area (Å²) in [5.41, 5.74) is 0.899. The van der Waals surface area contributed by atoms with Crippen molar-refractivity contribution >= 4 is 46.2 Å². The van der Waals surface area contributed by atoms with Gasteiger partial charge in [0.2, 0.25) is 5.91 Å². The van der Waals surface area contributed by atoms with Gasteiger partial charge < -0.3 is 14.4 Å². The smallest absolute Gasteiger partial charge is 0.412 e. The summed E-state index contributed by atoms with van der Waals surface area (Å²) >= 11 is 5.91. The second-order valence-corrected chi connectivity index (χ2v) is 7.75. The van der Waals surface area contributed by atoms with Crippen molar-refractivity contribution in [1.82, 2.24) is 9.88 Å². The van der Waals surface area contributed by atoms with Gasteiger partial charge in [-0.05, 0) is 30.2 Å². The van der Waals surface area contributed by atoms with E-state index < -0.39 is 17.9 Å². The predicted octanol–water partition coefficient (Wildman–Crippen LogP) is 4.45. The molecule has 0 fully saturated rings. The van der Waals surface area contributed by atoms with Crippen molar-refractivity contribution in [3.8, 4) is 0 Å². The largest absolute Gasteiger partial charge is 0.465 e. The summed E-state index contributed by atoms with van der Waals surface area (Å²) in [5, 5.41) is 3.80. The van der Waals surface area contributed by atoms with E-state index in [1.807, 2.05) is 0 Å². The zero-order valence-electron chi connectivity index (χ0n) is 18.6. The second kappa shape index (κ2) is 11.4. The predicted molar refractivity (Wildman–Crippen MR) is 125 cm³/mol. The minimum atomic E-state index is -0.755. The summed E-state index contributed by atoms with van der Waals surface area (Å²) in [6.07, 6.45) is 1.20. The van der Waals surface area contributed by atoms with Crippen LogP contribution in [0.25, 0.3) is 10.8 Å². The van der Waals surface area contributed by atoms with Gasteiger partial charge in [0.05, 0.1) is 24.2 Å². The number of likely N-dealkylation sites (N-methyl/N-ethyl adjacent to an activating group) is 1. The van der Waals surface area contributed by atoms with Crippen molar-refractivity contribution in [2.24, 2.45) is 0 Å². The van der Waals surface area contributed by atoms with Crippen molar-refractivity contribution in [2.75, 3.05) is 32.6 Å². The SMILES string of the molecule is COC(=O)c1cccc2cnc(NC(=O)OCCN(C)C(=O)CCc3cccc(F)c3Cl)cc12. The Balaban J connectivity index is 1.49. The second-order valence-electron chi connectivity index (χ2n) is 7.38. The molecular weight excluding hydrogens is 465 g/mol. The summed E-state index contributed by atoms with van der Waals surface area (Å²) in [5.74, 6) is -1.03. The molecule has 0 spiro atoms. The maximum absolute atomic E-state index is 13.5. The van der Waals surface area contributed by atoms with Crippen molar-refractivity contribution in [3.05, 3.63) is 70.6 Å². The Kier molecular flexibility index (Phi) is 8.37. The quantitative estimate of drug-likeness (QED) is 0.471. The van der Waals surface area contributed by atoms with E-state index in [2.05, 4.69) is 10.3 Å². The fourth-order valence-corrected chi connectivity index (χ4v) is 3.46. The van der Waals surface area contributed by atoms with Gasteiger partial charge in [-0.15, -0.1) is 0 Å². The highest BCUT2D eigenvalue weighted by molar-refractivity contribution is 6.31. The van der Waals surface area contributed by atoms with E-state index in [1.54, 1.807) is 37.4 Å². The van der Waals surface area contributed by atoms with Crippen LogP contribution in [0.15, 0.2) is 48.7 Å². The molecular formula is C24H23ClFN3O5. The molecule has 2 amide bonds. The normalized spacial score (nSPS) is 10.6. The highest BCUT2D eigenvalue weighted by Gasteiger charge is 2.14. The Morgan fingerprint density at radius 3 is 2.71 bits per heavy atom. The summed E-state index contributed by atoms with van der Waals surface area (Å²) < 4.78 is 23.4. The minimum absolute atomic E-state index is 0.0129. The standard InChI is InChI=1S/C24H23ClFN3O5/c1-29(21(30)10-9-15-5-4-8-19(26)22(15)25)11-12-34-24(32)28-20-13-18-16(14-27-20)6-3-7-17(18)23(31)33-2/h3-8,13-14H,9-12H2,1-2H3,(H,27,28,32). The van der Waals surface area contributed by atoms with Crippen LogP contribution in [-0.4, -0.2) is 55.2 Å². The molecule has 1 aromatic heterocycles. The number of anilines is 1. The van der Waals surface area contributed by atoms with Gasteiger partial charge in [-0.2, -0.15) is 0 Å². The number of halogens is 2. The molecule has 10 heteroatoms. The molecule has 0 unspecified atom stereocenters. The Hall–Kier alpha value is -3.72. The molecule has 8 nitrogen and oxygen atoms in total. The third-order valence-corrected chi connectivity index (χ3v) is 5.55. The van der Waals surface area contributed by atoms with Crippen LogP contribution in [0.3, 0.4) is 0 Å². The molecule has 178 valence electrons. The van der Waals surface area contributed by atoms with E-state index in [9.17, 15) is 18.8 Å². The number of hydrogen-bond acceptors (Lipinski definition) is 6. The van der Waals surface area contributed by atoms with Crippen LogP contribution < -0.4 is 5.32 Å². The molecule has 0 bridgehead atoms. The molecule has 1 heterocycles. The summed E-state index contributed by atoms with van der Waals surface area (Å²) in [7, 11) is 2.87. The summed E-state index contributed by atoms with van der Waals surface area (Å²) in [6.45, 7) is 0.122. The number of carbonyl (C=O) groups is 3. The van der Waals surface area contributed by atoms with Gasteiger partial charge in [0.15, 0.2) is 0 Å². The molecule has 34 heavy (non-hydrogen) atoms. The first-order valence-electron chi connectivity index (χ1n) is 10.4. The number of benzene rings is 2. The van der Waals surface area contributed by atoms with Gasteiger partial charge in [-0.25, -0.2) is 19.0 Å². The van der Waals surface area contributed by atoms with Crippen molar-refractivity contribution in [3.63, 3.8) is 0 Å². The maximum atomic E-state index is 13.5. The molecule has 0 aliphatic rings. The van der Waals surface area contributed by atoms with Crippen LogP contribution in [0.5, 0.6) is 0 Å². The summed E-state index contributed by atoms with van der Waals surface area (Å²) in [6, 6.07) is 11.1. The number of ether oxygens (including phenoxy) is 2. The Bertz CT molecular complexity index is 1220. The average Bonchev–Trinajstić information content (AvgIpc) is 2.83. The molecule has 2 aromatic carbocycles. The monoisotopic (exact) mass is 487 g/mol. The number of nitrogens with one attached hydrogen (secondary N) is 1. The number of rotatable bonds is 8. The highest BCUT2D eigenvalue weighted by Crippen LogP contribution is 2.22. The molecule has 0 aliphatic heterocycles. The van der Waals surface area contributed by atoms with Gasteiger partial charge in [0.25, 0.3) is 0 Å². The van der Waals surface area contributed by atoms with Crippen LogP contribution in [0.2, 0.25) is 5.02 Å². The Labute approximate surface area is 200 Å². The van der Waals surface area contributed by atoms with E-state index in [4.69, 9.17) is 21.1 Å². The lowest BCUT2D eigenvalue weighted by Gasteiger charge is -2.17. The van der Waals surface area contributed by atoms with Crippen molar-refractivity contribution in [2.45, 2.75) is 12.8 Å². The van der Waals surface area contributed by atoms with Crippen LogP contribution >= 0.6 is 11.6 Å². The Morgan fingerprint density at radius 2 is 1.94 bits per heavy atom. The number of carbonyl (C=O) groups excluding carboxylic acids is 3. The van der Waals surface area contributed by atoms with E-state index in [1.165, 1.54) is 30.3 Å². The highest BCUT2D eigenvalue weighted by atomic mass is 35.5. The van der Waals surface area contributed by atoms with Gasteiger partial charge in [-0.3, -0.25) is 10.1 Å². The average molecular weight is 488 g/mol. The third kappa shape index (κ3) is 6.20. The van der Waals surface area contributed by atoms with E-state index in [0.717, 1.165) is 0 Å². The molecule has 1 N–H and O–H groups in total. The van der Waals surface area contributed by atoms with Crippen molar-refractivity contribution < 1.29 is 28.2 Å².